The van der Waals surface area contributed by atoms with Gasteiger partial charge in [0.1, 0.15) is 5.75 Å². The Kier molecular flexibility index (Phi) is 4.69. The van der Waals surface area contributed by atoms with Gasteiger partial charge in [-0.3, -0.25) is 4.98 Å². The Morgan fingerprint density at radius 1 is 1.17 bits per heavy atom. The van der Waals surface area contributed by atoms with E-state index in [1.165, 1.54) is 25.4 Å². The molecule has 0 fully saturated rings. The van der Waals surface area contributed by atoms with Gasteiger partial charge in [-0.05, 0) is 30.3 Å². The van der Waals surface area contributed by atoms with Gasteiger partial charge in [0, 0.05) is 11.6 Å². The summed E-state index contributed by atoms with van der Waals surface area (Å²) in [4.78, 5) is 7.26. The molecule has 0 amide bonds. The third-order valence-electron chi connectivity index (χ3n) is 2.79. The second-order valence-corrected chi connectivity index (χ2v) is 6.10. The standard InChI is InChI=1S/C14H11F3N2O3S/c1-22-10-4-5-13(19-9-10)23(20,21)8-6-12-11(14(15,16)17)3-2-7-18-12/h2-9H,1H3/b8-6+. The number of methoxy groups -OCH3 is 1. The molecule has 9 heteroatoms. The number of sulfone groups is 1. The Bertz CT molecular complexity index is 816. The monoisotopic (exact) mass is 344 g/mol. The third-order valence-corrected chi connectivity index (χ3v) is 4.10. The number of nitrogens with zero attached hydrogens (tertiary/aromatic N) is 2. The second kappa shape index (κ2) is 6.37. The first kappa shape index (κ1) is 16.9. The van der Waals surface area contributed by atoms with Crippen LogP contribution in [-0.2, 0) is 16.0 Å². The predicted octanol–water partition coefficient (Wildman–Crippen LogP) is 2.95. The quantitative estimate of drug-likeness (QED) is 0.853. The minimum Gasteiger partial charge on any atom is -0.495 e. The van der Waals surface area contributed by atoms with E-state index < -0.39 is 27.3 Å². The van der Waals surface area contributed by atoms with E-state index in [1.54, 1.807) is 0 Å². The molecule has 23 heavy (non-hydrogen) atoms. The summed E-state index contributed by atoms with van der Waals surface area (Å²) in [5, 5.41) is 0.332. The fourth-order valence-corrected chi connectivity index (χ4v) is 2.57. The molecule has 2 aromatic heterocycles. The van der Waals surface area contributed by atoms with E-state index in [-0.39, 0.29) is 5.03 Å². The van der Waals surface area contributed by atoms with Crippen molar-refractivity contribution in [3.8, 4) is 5.75 Å². The van der Waals surface area contributed by atoms with E-state index >= 15 is 0 Å². The van der Waals surface area contributed by atoms with Gasteiger partial charge in [0.2, 0.25) is 9.84 Å². The van der Waals surface area contributed by atoms with Crippen molar-refractivity contribution in [2.45, 2.75) is 11.2 Å². The third kappa shape index (κ3) is 4.07. The molecule has 0 radical (unpaired) electrons. The fourth-order valence-electron chi connectivity index (χ4n) is 1.67. The lowest BCUT2D eigenvalue weighted by Gasteiger charge is -2.08. The van der Waals surface area contributed by atoms with Crippen LogP contribution in [-0.4, -0.2) is 25.5 Å². The van der Waals surface area contributed by atoms with Crippen LogP contribution in [0.4, 0.5) is 13.2 Å². The number of rotatable bonds is 4. The van der Waals surface area contributed by atoms with Crippen molar-refractivity contribution in [3.05, 3.63) is 53.3 Å². The Morgan fingerprint density at radius 3 is 2.48 bits per heavy atom. The van der Waals surface area contributed by atoms with Crippen molar-refractivity contribution in [2.24, 2.45) is 0 Å². The van der Waals surface area contributed by atoms with Crippen molar-refractivity contribution in [1.29, 1.82) is 0 Å². The molecule has 0 N–H and O–H groups in total. The van der Waals surface area contributed by atoms with E-state index in [2.05, 4.69) is 9.97 Å². The van der Waals surface area contributed by atoms with Crippen molar-refractivity contribution in [2.75, 3.05) is 7.11 Å². The molecule has 5 nitrogen and oxygen atoms in total. The lowest BCUT2D eigenvalue weighted by molar-refractivity contribution is -0.138. The molecule has 122 valence electrons. The number of hydrogen-bond donors (Lipinski definition) is 0. The molecule has 0 bridgehead atoms. The Morgan fingerprint density at radius 2 is 1.91 bits per heavy atom. The summed E-state index contributed by atoms with van der Waals surface area (Å²) in [5.41, 5.74) is -1.51. The molecule has 0 aliphatic carbocycles. The van der Waals surface area contributed by atoms with E-state index in [0.29, 0.717) is 11.2 Å². The first-order valence-electron chi connectivity index (χ1n) is 6.19. The van der Waals surface area contributed by atoms with Crippen LogP contribution in [0.1, 0.15) is 11.3 Å². The van der Waals surface area contributed by atoms with Crippen LogP contribution in [0, 0.1) is 0 Å². The van der Waals surface area contributed by atoms with Gasteiger partial charge in [-0.25, -0.2) is 13.4 Å². The highest BCUT2D eigenvalue weighted by atomic mass is 32.2. The zero-order valence-electron chi connectivity index (χ0n) is 11.8. The minimum atomic E-state index is -4.63. The molecule has 2 heterocycles. The maximum Gasteiger partial charge on any atom is 0.418 e. The minimum absolute atomic E-state index is 0.306. The molecule has 0 aliphatic rings. The molecule has 2 aromatic rings. The molecule has 0 saturated heterocycles. The smallest absolute Gasteiger partial charge is 0.418 e. The predicted molar refractivity (Wildman–Crippen MR) is 76.2 cm³/mol. The van der Waals surface area contributed by atoms with Gasteiger partial charge in [0.25, 0.3) is 0 Å². The van der Waals surface area contributed by atoms with E-state index in [9.17, 15) is 21.6 Å². The normalized spacial score (nSPS) is 12.5. The second-order valence-electron chi connectivity index (χ2n) is 4.32. The van der Waals surface area contributed by atoms with E-state index in [1.807, 2.05) is 0 Å². The lowest BCUT2D eigenvalue weighted by atomic mass is 10.2. The van der Waals surface area contributed by atoms with Crippen molar-refractivity contribution in [3.63, 3.8) is 0 Å². The molecular weight excluding hydrogens is 333 g/mol. The molecule has 0 unspecified atom stereocenters. The largest absolute Gasteiger partial charge is 0.495 e. The van der Waals surface area contributed by atoms with Crippen LogP contribution >= 0.6 is 0 Å². The summed E-state index contributed by atoms with van der Waals surface area (Å²) < 4.78 is 67.5. The maximum absolute atomic E-state index is 12.8. The Hall–Kier alpha value is -2.42. The van der Waals surface area contributed by atoms with Crippen LogP contribution in [0.5, 0.6) is 5.75 Å². The van der Waals surface area contributed by atoms with E-state index in [0.717, 1.165) is 24.4 Å². The molecular formula is C14H11F3N2O3S. The first-order chi connectivity index (χ1) is 10.7. The highest BCUT2D eigenvalue weighted by Gasteiger charge is 2.33. The number of hydrogen-bond acceptors (Lipinski definition) is 5. The molecule has 2 rings (SSSR count). The zero-order chi connectivity index (χ0) is 17.1. The highest BCUT2D eigenvalue weighted by molar-refractivity contribution is 7.94. The van der Waals surface area contributed by atoms with Crippen molar-refractivity contribution < 1.29 is 26.3 Å². The van der Waals surface area contributed by atoms with Gasteiger partial charge in [-0.1, -0.05) is 0 Å². The first-order valence-corrected chi connectivity index (χ1v) is 7.74. The van der Waals surface area contributed by atoms with Gasteiger partial charge in [0.15, 0.2) is 5.03 Å². The van der Waals surface area contributed by atoms with Crippen LogP contribution in [0.15, 0.2) is 47.1 Å². The number of aromatic nitrogens is 2. The number of alkyl halides is 3. The average Bonchev–Trinajstić information content (AvgIpc) is 2.52. The molecule has 0 saturated carbocycles. The van der Waals surface area contributed by atoms with Crippen molar-refractivity contribution >= 4 is 15.9 Å². The summed E-state index contributed by atoms with van der Waals surface area (Å²) in [6.45, 7) is 0. The topological polar surface area (TPSA) is 69.2 Å². The van der Waals surface area contributed by atoms with Gasteiger partial charge in [0.05, 0.1) is 24.6 Å². The summed E-state index contributed by atoms with van der Waals surface area (Å²) in [7, 11) is -2.61. The van der Waals surface area contributed by atoms with Crippen LogP contribution in [0.3, 0.4) is 0 Å². The van der Waals surface area contributed by atoms with Crippen LogP contribution < -0.4 is 4.74 Å². The lowest BCUT2D eigenvalue weighted by Crippen LogP contribution is -2.08. The number of ether oxygens (including phenoxy) is 1. The van der Waals surface area contributed by atoms with Crippen LogP contribution in [0.2, 0.25) is 0 Å². The van der Waals surface area contributed by atoms with Crippen molar-refractivity contribution in [1.82, 2.24) is 9.97 Å². The van der Waals surface area contributed by atoms with E-state index in [4.69, 9.17) is 4.74 Å². The van der Waals surface area contributed by atoms with Gasteiger partial charge in [-0.15, -0.1) is 0 Å². The highest BCUT2D eigenvalue weighted by Crippen LogP contribution is 2.31. The van der Waals surface area contributed by atoms with Gasteiger partial charge in [-0.2, -0.15) is 13.2 Å². The Labute approximate surface area is 130 Å². The Balaban J connectivity index is 2.35. The molecule has 0 spiro atoms. The summed E-state index contributed by atoms with van der Waals surface area (Å²) in [5.74, 6) is 0.358. The molecule has 0 aromatic carbocycles. The van der Waals surface area contributed by atoms with Gasteiger partial charge >= 0.3 is 6.18 Å². The van der Waals surface area contributed by atoms with Gasteiger partial charge < -0.3 is 4.74 Å². The van der Waals surface area contributed by atoms with Crippen LogP contribution in [0.25, 0.3) is 6.08 Å². The number of pyridine rings is 2. The molecule has 0 atom stereocenters. The summed E-state index contributed by atoms with van der Waals surface area (Å²) in [6.07, 6.45) is -1.49. The zero-order valence-corrected chi connectivity index (χ0v) is 12.6. The molecule has 0 aliphatic heterocycles. The SMILES string of the molecule is COc1ccc(S(=O)(=O)/C=C/c2ncccc2C(F)(F)F)nc1. The summed E-state index contributed by atoms with van der Waals surface area (Å²) >= 11 is 0. The average molecular weight is 344 g/mol. The fraction of sp³-hybridized carbons (Fsp3) is 0.143. The number of halogens is 3. The summed E-state index contributed by atoms with van der Waals surface area (Å²) in [6, 6.07) is 4.53. The maximum atomic E-state index is 12.8.